The first-order valence-electron chi connectivity index (χ1n) is 9.71. The fraction of sp³-hybridized carbons (Fsp3) is 0.130. The fourth-order valence-corrected chi connectivity index (χ4v) is 3.72. The Morgan fingerprint density at radius 2 is 1.84 bits per heavy atom. The largest absolute Gasteiger partial charge is 0.485 e. The van der Waals surface area contributed by atoms with Crippen molar-refractivity contribution < 1.29 is 9.53 Å². The van der Waals surface area contributed by atoms with Gasteiger partial charge in [0.15, 0.2) is 11.0 Å². The van der Waals surface area contributed by atoms with Gasteiger partial charge in [-0.25, -0.2) is 0 Å². The molecule has 2 heterocycles. The number of aromatic nitrogens is 4. The van der Waals surface area contributed by atoms with Crippen molar-refractivity contribution in [2.75, 3.05) is 11.1 Å². The molecule has 1 amide bonds. The summed E-state index contributed by atoms with van der Waals surface area (Å²) in [6.07, 6.45) is 3.27. The van der Waals surface area contributed by atoms with Crippen LogP contribution in [-0.4, -0.2) is 31.4 Å². The zero-order valence-electron chi connectivity index (χ0n) is 16.9. The maximum Gasteiger partial charge on any atom is 0.234 e. The molecule has 0 saturated carbocycles. The van der Waals surface area contributed by atoms with Crippen molar-refractivity contribution in [3.63, 3.8) is 0 Å². The second kappa shape index (κ2) is 9.90. The number of para-hydroxylation sites is 2. The van der Waals surface area contributed by atoms with Crippen molar-refractivity contribution in [2.24, 2.45) is 0 Å². The standard InChI is InChI=1S/C23H21N5O2S/c1-17-8-5-6-12-20(17)30-15-21-26-27-23(28(21)19-10-3-2-4-11-19)31-16-22(29)25-18-9-7-13-24-14-18/h2-14H,15-16H2,1H3,(H,25,29). The number of pyridine rings is 1. The van der Waals surface area contributed by atoms with E-state index in [9.17, 15) is 4.79 Å². The van der Waals surface area contributed by atoms with E-state index in [0.717, 1.165) is 17.0 Å². The van der Waals surface area contributed by atoms with E-state index < -0.39 is 0 Å². The summed E-state index contributed by atoms with van der Waals surface area (Å²) in [7, 11) is 0. The van der Waals surface area contributed by atoms with Crippen LogP contribution in [0.15, 0.2) is 84.3 Å². The lowest BCUT2D eigenvalue weighted by Crippen LogP contribution is -2.15. The topological polar surface area (TPSA) is 81.9 Å². The van der Waals surface area contributed by atoms with Crippen LogP contribution in [0.25, 0.3) is 5.69 Å². The van der Waals surface area contributed by atoms with E-state index in [2.05, 4.69) is 20.5 Å². The Morgan fingerprint density at radius 1 is 1.03 bits per heavy atom. The van der Waals surface area contributed by atoms with Gasteiger partial charge < -0.3 is 10.1 Å². The normalized spacial score (nSPS) is 10.6. The second-order valence-electron chi connectivity index (χ2n) is 6.70. The van der Waals surface area contributed by atoms with Gasteiger partial charge in [0.05, 0.1) is 17.6 Å². The van der Waals surface area contributed by atoms with Crippen LogP contribution in [0.4, 0.5) is 5.69 Å². The van der Waals surface area contributed by atoms with Crippen LogP contribution in [0.2, 0.25) is 0 Å². The van der Waals surface area contributed by atoms with Crippen molar-refractivity contribution >= 4 is 23.4 Å². The highest BCUT2D eigenvalue weighted by Gasteiger charge is 2.17. The Bertz CT molecular complexity index is 1150. The van der Waals surface area contributed by atoms with E-state index >= 15 is 0 Å². The maximum absolute atomic E-state index is 12.3. The predicted octanol–water partition coefficient (Wildman–Crippen LogP) is 4.28. The van der Waals surface area contributed by atoms with Crippen molar-refractivity contribution in [2.45, 2.75) is 18.7 Å². The zero-order chi connectivity index (χ0) is 21.5. The minimum Gasteiger partial charge on any atom is -0.485 e. The van der Waals surface area contributed by atoms with Crippen LogP contribution in [0.3, 0.4) is 0 Å². The molecule has 31 heavy (non-hydrogen) atoms. The van der Waals surface area contributed by atoms with Gasteiger partial charge in [-0.1, -0.05) is 48.2 Å². The van der Waals surface area contributed by atoms with Gasteiger partial charge >= 0.3 is 0 Å². The van der Waals surface area contributed by atoms with Gasteiger partial charge in [0, 0.05) is 11.9 Å². The van der Waals surface area contributed by atoms with Crippen molar-refractivity contribution in [3.05, 3.63) is 90.5 Å². The number of carbonyl (C=O) groups excluding carboxylic acids is 1. The molecule has 0 spiro atoms. The number of rotatable bonds is 8. The van der Waals surface area contributed by atoms with Crippen LogP contribution in [0.5, 0.6) is 5.75 Å². The lowest BCUT2D eigenvalue weighted by Gasteiger charge is -2.12. The molecule has 4 rings (SSSR count). The van der Waals surface area contributed by atoms with Crippen LogP contribution < -0.4 is 10.1 Å². The number of nitrogens with one attached hydrogen (secondary N) is 1. The quantitative estimate of drug-likeness (QED) is 0.419. The Balaban J connectivity index is 1.51. The summed E-state index contributed by atoms with van der Waals surface area (Å²) in [5.41, 5.74) is 2.62. The summed E-state index contributed by atoms with van der Waals surface area (Å²) in [5, 5.41) is 12.1. The van der Waals surface area contributed by atoms with Crippen molar-refractivity contribution in [1.82, 2.24) is 19.7 Å². The fourth-order valence-electron chi connectivity index (χ4n) is 2.95. The molecule has 0 aliphatic heterocycles. The molecule has 8 heteroatoms. The Morgan fingerprint density at radius 3 is 2.61 bits per heavy atom. The molecule has 2 aromatic carbocycles. The molecular formula is C23H21N5O2S. The first kappa shape index (κ1) is 20.6. The van der Waals surface area contributed by atoms with Crippen LogP contribution in [0.1, 0.15) is 11.4 Å². The van der Waals surface area contributed by atoms with Gasteiger partial charge in [0.2, 0.25) is 5.91 Å². The summed E-state index contributed by atoms with van der Waals surface area (Å²) in [4.78, 5) is 16.3. The summed E-state index contributed by atoms with van der Waals surface area (Å²) in [6.45, 7) is 2.26. The number of nitrogens with zero attached hydrogens (tertiary/aromatic N) is 4. The van der Waals surface area contributed by atoms with Crippen LogP contribution >= 0.6 is 11.8 Å². The molecule has 0 fully saturated rings. The molecule has 0 radical (unpaired) electrons. The maximum atomic E-state index is 12.3. The molecule has 0 atom stereocenters. The van der Waals surface area contributed by atoms with E-state index in [-0.39, 0.29) is 18.3 Å². The number of anilines is 1. The zero-order valence-corrected chi connectivity index (χ0v) is 17.7. The predicted molar refractivity (Wildman–Crippen MR) is 120 cm³/mol. The Kier molecular flexibility index (Phi) is 6.59. The van der Waals surface area contributed by atoms with Crippen molar-refractivity contribution in [1.29, 1.82) is 0 Å². The van der Waals surface area contributed by atoms with Crippen LogP contribution in [0, 0.1) is 6.92 Å². The highest BCUT2D eigenvalue weighted by molar-refractivity contribution is 7.99. The van der Waals surface area contributed by atoms with Gasteiger partial charge in [0.25, 0.3) is 0 Å². The first-order chi connectivity index (χ1) is 15.2. The highest BCUT2D eigenvalue weighted by atomic mass is 32.2. The Hall–Kier alpha value is -3.65. The molecule has 0 saturated heterocycles. The summed E-state index contributed by atoms with van der Waals surface area (Å²) < 4.78 is 7.90. The summed E-state index contributed by atoms with van der Waals surface area (Å²) in [5.74, 6) is 1.51. The van der Waals surface area contributed by atoms with Gasteiger partial charge in [-0.05, 0) is 42.8 Å². The molecular weight excluding hydrogens is 410 g/mol. The number of hydrogen-bond acceptors (Lipinski definition) is 6. The highest BCUT2D eigenvalue weighted by Crippen LogP contribution is 2.24. The minimum atomic E-state index is -0.140. The minimum absolute atomic E-state index is 0.140. The van der Waals surface area contributed by atoms with Crippen molar-refractivity contribution in [3.8, 4) is 11.4 Å². The SMILES string of the molecule is Cc1ccccc1OCc1nnc(SCC(=O)Nc2cccnc2)n1-c1ccccc1. The number of aryl methyl sites for hydroxylation is 1. The van der Waals surface area contributed by atoms with Gasteiger partial charge in [-0.3, -0.25) is 14.3 Å². The van der Waals surface area contributed by atoms with E-state index in [1.165, 1.54) is 11.8 Å². The third-order valence-corrected chi connectivity index (χ3v) is 5.37. The van der Waals surface area contributed by atoms with E-state index in [1.54, 1.807) is 24.5 Å². The third-order valence-electron chi connectivity index (χ3n) is 4.44. The molecule has 7 nitrogen and oxygen atoms in total. The number of amides is 1. The number of benzene rings is 2. The number of carbonyl (C=O) groups is 1. The monoisotopic (exact) mass is 431 g/mol. The average Bonchev–Trinajstić information content (AvgIpc) is 3.21. The van der Waals surface area contributed by atoms with E-state index in [4.69, 9.17) is 4.74 Å². The molecule has 1 N–H and O–H groups in total. The number of thioether (sulfide) groups is 1. The van der Waals surface area contributed by atoms with Gasteiger partial charge in [-0.2, -0.15) is 0 Å². The summed E-state index contributed by atoms with van der Waals surface area (Å²) >= 11 is 1.32. The van der Waals surface area contributed by atoms with Gasteiger partial charge in [-0.15, -0.1) is 10.2 Å². The number of hydrogen-bond donors (Lipinski definition) is 1. The van der Waals surface area contributed by atoms with E-state index in [0.29, 0.717) is 16.7 Å². The molecule has 156 valence electrons. The van der Waals surface area contributed by atoms with Crippen LogP contribution in [-0.2, 0) is 11.4 Å². The lowest BCUT2D eigenvalue weighted by molar-refractivity contribution is -0.113. The molecule has 4 aromatic rings. The van der Waals surface area contributed by atoms with Gasteiger partial charge in [0.1, 0.15) is 12.4 Å². The molecule has 0 aliphatic carbocycles. The smallest absolute Gasteiger partial charge is 0.234 e. The average molecular weight is 432 g/mol. The lowest BCUT2D eigenvalue weighted by atomic mass is 10.2. The molecule has 0 aliphatic rings. The second-order valence-corrected chi connectivity index (χ2v) is 7.64. The van der Waals surface area contributed by atoms with E-state index in [1.807, 2.05) is 66.1 Å². The molecule has 2 aromatic heterocycles. The molecule has 0 unspecified atom stereocenters. The third kappa shape index (κ3) is 5.29. The molecule has 0 bridgehead atoms. The summed E-state index contributed by atoms with van der Waals surface area (Å²) in [6, 6.07) is 21.2. The first-order valence-corrected chi connectivity index (χ1v) is 10.7. The Labute approximate surface area is 184 Å². The number of ether oxygens (including phenoxy) is 1.